The van der Waals surface area contributed by atoms with Crippen molar-refractivity contribution in [2.45, 2.75) is 6.92 Å². The molecule has 0 heterocycles. The van der Waals surface area contributed by atoms with Gasteiger partial charge >= 0.3 is 0 Å². The Morgan fingerprint density at radius 3 is 2.54 bits per heavy atom. The van der Waals surface area contributed by atoms with Gasteiger partial charge in [0.15, 0.2) is 0 Å². The summed E-state index contributed by atoms with van der Waals surface area (Å²) in [6.07, 6.45) is 6.06. The fourth-order valence-electron chi connectivity index (χ4n) is 1.04. The van der Waals surface area contributed by atoms with E-state index in [0.29, 0.717) is 0 Å². The highest BCUT2D eigenvalue weighted by Crippen LogP contribution is 2.11. The van der Waals surface area contributed by atoms with Gasteiger partial charge in [-0.15, -0.1) is 0 Å². The number of allylic oxidation sites excluding steroid dienone is 3. The molecule has 13 heavy (non-hydrogen) atoms. The number of rotatable bonds is 3. The normalized spacial score (nSPS) is 12.0. The van der Waals surface area contributed by atoms with Gasteiger partial charge in [0.05, 0.1) is 0 Å². The number of hydrogen-bond acceptors (Lipinski definition) is 1. The van der Waals surface area contributed by atoms with E-state index in [4.69, 9.17) is 0 Å². The summed E-state index contributed by atoms with van der Waals surface area (Å²) in [5, 5.41) is 3.08. The zero-order chi connectivity index (χ0) is 9.52. The predicted molar refractivity (Wildman–Crippen MR) is 62.1 cm³/mol. The molecular weight excluding hydrogens is 177 g/mol. The van der Waals surface area contributed by atoms with Crippen LogP contribution in [0.2, 0.25) is 0 Å². The third-order valence-electron chi connectivity index (χ3n) is 1.70. The molecule has 0 spiro atoms. The van der Waals surface area contributed by atoms with E-state index in [1.165, 1.54) is 5.56 Å². The van der Waals surface area contributed by atoms with Crippen molar-refractivity contribution < 1.29 is 0 Å². The Balaban J connectivity index is 2.91. The molecule has 1 rings (SSSR count). The Labute approximate surface area is 81.8 Å². The van der Waals surface area contributed by atoms with Gasteiger partial charge in [-0.1, -0.05) is 42.5 Å². The smallest absolute Gasteiger partial charge is 0.0442 e. The third-order valence-corrected chi connectivity index (χ3v) is 2.01. The molecule has 0 aliphatic rings. The van der Waals surface area contributed by atoms with Crippen LogP contribution in [0.1, 0.15) is 12.5 Å². The molecule has 0 radical (unpaired) electrons. The summed E-state index contributed by atoms with van der Waals surface area (Å²) in [7, 11) is 2.51. The van der Waals surface area contributed by atoms with Crippen LogP contribution in [-0.2, 0) is 0 Å². The molecule has 1 N–H and O–H groups in total. The molecule has 0 saturated carbocycles. The zero-order valence-corrected chi connectivity index (χ0v) is 8.85. The molecule has 0 amide bonds. The van der Waals surface area contributed by atoms with E-state index in [1.807, 2.05) is 43.4 Å². The summed E-state index contributed by atoms with van der Waals surface area (Å²) in [6, 6.07) is 10.2. The van der Waals surface area contributed by atoms with E-state index >= 15 is 0 Å². The van der Waals surface area contributed by atoms with Crippen LogP contribution in [0, 0.1) is 0 Å². The van der Waals surface area contributed by atoms with Gasteiger partial charge in [0.25, 0.3) is 0 Å². The minimum Gasteiger partial charge on any atom is -0.369 e. The van der Waals surface area contributed by atoms with Crippen LogP contribution in [0.3, 0.4) is 0 Å². The molecule has 1 aromatic rings. The van der Waals surface area contributed by atoms with Crippen molar-refractivity contribution in [1.82, 2.24) is 5.09 Å². The molecule has 0 saturated heterocycles. The van der Waals surface area contributed by atoms with Crippen molar-refractivity contribution in [2.75, 3.05) is 0 Å². The molecule has 0 aliphatic carbocycles. The molecule has 0 aliphatic heterocycles. The molecule has 0 aromatic heterocycles. The Hall–Kier alpha value is -1.07. The van der Waals surface area contributed by atoms with Crippen LogP contribution in [0.4, 0.5) is 0 Å². The summed E-state index contributed by atoms with van der Waals surface area (Å²) >= 11 is 0. The summed E-state index contributed by atoms with van der Waals surface area (Å²) in [4.78, 5) is 0. The molecule has 2 heteroatoms. The second-order valence-electron chi connectivity index (χ2n) is 2.62. The summed E-state index contributed by atoms with van der Waals surface area (Å²) in [6.45, 7) is 2.00. The van der Waals surface area contributed by atoms with Crippen molar-refractivity contribution in [3.63, 3.8) is 0 Å². The summed E-state index contributed by atoms with van der Waals surface area (Å²) in [5.74, 6) is 0. The van der Waals surface area contributed by atoms with Crippen molar-refractivity contribution in [1.29, 1.82) is 0 Å². The minimum atomic E-state index is 1.10. The summed E-state index contributed by atoms with van der Waals surface area (Å²) < 4.78 is 0. The maximum Gasteiger partial charge on any atom is 0.0442 e. The Morgan fingerprint density at radius 2 is 2.00 bits per heavy atom. The van der Waals surface area contributed by atoms with Crippen molar-refractivity contribution in [3.05, 3.63) is 54.1 Å². The molecule has 0 fully saturated rings. The van der Waals surface area contributed by atoms with Crippen LogP contribution < -0.4 is 5.09 Å². The first-order valence-electron chi connectivity index (χ1n) is 4.23. The van der Waals surface area contributed by atoms with Crippen molar-refractivity contribution >= 4 is 15.1 Å². The van der Waals surface area contributed by atoms with Gasteiger partial charge in [0.2, 0.25) is 0 Å². The largest absolute Gasteiger partial charge is 0.369 e. The molecule has 1 nitrogen and oxygen atoms in total. The lowest BCUT2D eigenvalue weighted by Gasteiger charge is -2.04. The Morgan fingerprint density at radius 1 is 1.31 bits per heavy atom. The van der Waals surface area contributed by atoms with E-state index < -0.39 is 0 Å². The lowest BCUT2D eigenvalue weighted by Crippen LogP contribution is -1.95. The highest BCUT2D eigenvalue weighted by molar-refractivity contribution is 7.14. The molecular formula is C11H14NP. The lowest BCUT2D eigenvalue weighted by molar-refractivity contribution is 1.41. The average molecular weight is 191 g/mol. The average Bonchev–Trinajstić information content (AvgIpc) is 2.21. The van der Waals surface area contributed by atoms with Crippen molar-refractivity contribution in [3.8, 4) is 0 Å². The van der Waals surface area contributed by atoms with Crippen molar-refractivity contribution in [2.24, 2.45) is 0 Å². The summed E-state index contributed by atoms with van der Waals surface area (Å²) in [5.41, 5.74) is 2.29. The molecule has 1 atom stereocenters. The van der Waals surface area contributed by atoms with Gasteiger partial charge in [-0.3, -0.25) is 0 Å². The number of hydrogen-bond donors (Lipinski definition) is 1. The minimum absolute atomic E-state index is 1.10. The second-order valence-corrected chi connectivity index (χ2v) is 2.91. The maximum atomic E-state index is 3.08. The van der Waals surface area contributed by atoms with E-state index in [-0.39, 0.29) is 0 Å². The number of nitrogens with one attached hydrogen (secondary N) is 1. The van der Waals surface area contributed by atoms with Gasteiger partial charge in [-0.25, -0.2) is 0 Å². The quantitative estimate of drug-likeness (QED) is 0.572. The van der Waals surface area contributed by atoms with Gasteiger partial charge in [-0.2, -0.15) is 0 Å². The van der Waals surface area contributed by atoms with Crippen LogP contribution in [-0.4, -0.2) is 0 Å². The van der Waals surface area contributed by atoms with Crippen LogP contribution in [0.15, 0.2) is 48.6 Å². The number of benzene rings is 1. The highest BCUT2D eigenvalue weighted by atomic mass is 31.0. The molecule has 0 bridgehead atoms. The highest BCUT2D eigenvalue weighted by Gasteiger charge is 1.94. The SMILES string of the molecule is C/C=C\C=C(/NP)c1ccccc1. The first-order chi connectivity index (χ1) is 6.38. The first-order valence-corrected chi connectivity index (χ1v) is 4.81. The molecule has 1 aromatic carbocycles. The molecule has 1 unspecified atom stereocenters. The first kappa shape index (κ1) is 10.0. The van der Waals surface area contributed by atoms with Crippen LogP contribution >= 0.6 is 9.39 Å². The fourth-order valence-corrected chi connectivity index (χ4v) is 1.30. The van der Waals surface area contributed by atoms with E-state index in [1.54, 1.807) is 0 Å². The maximum absolute atomic E-state index is 3.08. The lowest BCUT2D eigenvalue weighted by atomic mass is 10.1. The van der Waals surface area contributed by atoms with Crippen LogP contribution in [0.25, 0.3) is 5.70 Å². The van der Waals surface area contributed by atoms with E-state index in [2.05, 4.69) is 26.6 Å². The van der Waals surface area contributed by atoms with E-state index in [0.717, 1.165) is 5.70 Å². The zero-order valence-electron chi connectivity index (χ0n) is 7.70. The Kier molecular flexibility index (Phi) is 4.28. The standard InChI is InChI=1S/C11H14NP/c1-2-3-9-11(12-13)10-7-5-4-6-8-10/h2-9,12H,13H2,1H3/b3-2-,11-9-. The van der Waals surface area contributed by atoms with Gasteiger partial charge in [0, 0.05) is 5.70 Å². The Bertz CT molecular complexity index is 301. The fraction of sp³-hybridized carbons (Fsp3) is 0.0909. The van der Waals surface area contributed by atoms with E-state index in [9.17, 15) is 0 Å². The monoisotopic (exact) mass is 191 g/mol. The predicted octanol–water partition coefficient (Wildman–Crippen LogP) is 2.98. The van der Waals surface area contributed by atoms with Gasteiger partial charge in [-0.05, 0) is 28.0 Å². The third kappa shape index (κ3) is 3.04. The van der Waals surface area contributed by atoms with Gasteiger partial charge < -0.3 is 5.09 Å². The topological polar surface area (TPSA) is 12.0 Å². The second kappa shape index (κ2) is 5.55. The molecule has 68 valence electrons. The van der Waals surface area contributed by atoms with Gasteiger partial charge in [0.1, 0.15) is 0 Å². The van der Waals surface area contributed by atoms with Crippen LogP contribution in [0.5, 0.6) is 0 Å².